The minimum Gasteiger partial charge on any atom is -0.295 e. The monoisotopic (exact) mass is 217 g/mol. The summed E-state index contributed by atoms with van der Waals surface area (Å²) in [5, 5.41) is 0. The van der Waals surface area contributed by atoms with Crippen molar-refractivity contribution in [2.45, 2.75) is 34.1 Å². The summed E-state index contributed by atoms with van der Waals surface area (Å²) in [6.07, 6.45) is 4.17. The molecule has 0 bridgehead atoms. The molecule has 1 aromatic rings. The molecule has 0 radical (unpaired) electrons. The van der Waals surface area contributed by atoms with Crippen LogP contribution in [-0.2, 0) is 4.79 Å². The van der Waals surface area contributed by atoms with E-state index < -0.39 is 0 Å². The van der Waals surface area contributed by atoms with Crippen LogP contribution in [0.4, 0.5) is 0 Å². The molecule has 86 valence electrons. The molecule has 0 unspecified atom stereocenters. The minimum absolute atomic E-state index is 0.134. The van der Waals surface area contributed by atoms with Gasteiger partial charge in [-0.15, -0.1) is 0 Å². The third-order valence-electron chi connectivity index (χ3n) is 2.41. The van der Waals surface area contributed by atoms with Crippen molar-refractivity contribution in [2.75, 3.05) is 0 Å². The first-order valence-corrected chi connectivity index (χ1v) is 5.61. The minimum atomic E-state index is -0.134. The highest BCUT2D eigenvalue weighted by Crippen LogP contribution is 2.28. The van der Waals surface area contributed by atoms with Crippen molar-refractivity contribution >= 4 is 11.9 Å². The molecular weight excluding hydrogens is 198 g/mol. The summed E-state index contributed by atoms with van der Waals surface area (Å²) in [6.45, 7) is 8.04. The second-order valence-electron chi connectivity index (χ2n) is 4.84. The van der Waals surface area contributed by atoms with E-state index in [9.17, 15) is 4.79 Å². The second-order valence-corrected chi connectivity index (χ2v) is 4.84. The number of hydrogen-bond donors (Lipinski definition) is 0. The Morgan fingerprint density at radius 2 is 2.06 bits per heavy atom. The molecule has 0 aliphatic heterocycles. The first-order valence-electron chi connectivity index (χ1n) is 5.61. The van der Waals surface area contributed by atoms with Gasteiger partial charge < -0.3 is 0 Å². The average molecular weight is 217 g/mol. The summed E-state index contributed by atoms with van der Waals surface area (Å²) in [5.41, 5.74) is 1.55. The number of ketones is 1. The summed E-state index contributed by atoms with van der Waals surface area (Å²) >= 11 is 0. The molecule has 0 aromatic carbocycles. The van der Waals surface area contributed by atoms with Crippen LogP contribution in [-0.4, -0.2) is 10.8 Å². The van der Waals surface area contributed by atoms with Crippen molar-refractivity contribution in [3.05, 3.63) is 35.7 Å². The molecule has 1 aromatic heterocycles. The molecule has 0 aliphatic rings. The maximum Gasteiger partial charge on any atom is 0.159 e. The summed E-state index contributed by atoms with van der Waals surface area (Å²) in [6, 6.07) is 5.71. The Morgan fingerprint density at radius 3 is 2.50 bits per heavy atom. The standard InChI is InChI=1S/C14H19NO/c1-5-13(16)12(14(2,3)4)10-11-8-6-7-9-15-11/h6-10H,5H2,1-4H3/b12-10+. The molecule has 0 aliphatic carbocycles. The van der Waals surface area contributed by atoms with Crippen LogP contribution < -0.4 is 0 Å². The van der Waals surface area contributed by atoms with E-state index in [0.29, 0.717) is 6.42 Å². The van der Waals surface area contributed by atoms with Gasteiger partial charge in [0.2, 0.25) is 0 Å². The van der Waals surface area contributed by atoms with Gasteiger partial charge in [-0.1, -0.05) is 33.8 Å². The molecule has 2 heteroatoms. The first-order chi connectivity index (χ1) is 7.45. The van der Waals surface area contributed by atoms with Crippen LogP contribution in [0.5, 0.6) is 0 Å². The molecule has 16 heavy (non-hydrogen) atoms. The van der Waals surface area contributed by atoms with E-state index in [1.807, 2.05) is 31.2 Å². The normalized spacial score (nSPS) is 12.6. The molecule has 2 nitrogen and oxygen atoms in total. The highest BCUT2D eigenvalue weighted by Gasteiger charge is 2.22. The van der Waals surface area contributed by atoms with Crippen LogP contribution in [0.15, 0.2) is 30.0 Å². The largest absolute Gasteiger partial charge is 0.295 e. The molecule has 1 rings (SSSR count). The van der Waals surface area contributed by atoms with Gasteiger partial charge in [0.15, 0.2) is 5.78 Å². The summed E-state index contributed by atoms with van der Waals surface area (Å²) in [7, 11) is 0. The lowest BCUT2D eigenvalue weighted by Crippen LogP contribution is -2.17. The fraction of sp³-hybridized carbons (Fsp3) is 0.429. The fourth-order valence-corrected chi connectivity index (χ4v) is 1.51. The van der Waals surface area contributed by atoms with Gasteiger partial charge >= 0.3 is 0 Å². The highest BCUT2D eigenvalue weighted by atomic mass is 16.1. The molecule has 0 saturated carbocycles. The number of carbonyl (C=O) groups excluding carboxylic acids is 1. The van der Waals surface area contributed by atoms with Crippen LogP contribution in [0.1, 0.15) is 39.8 Å². The van der Waals surface area contributed by atoms with Gasteiger partial charge in [0.25, 0.3) is 0 Å². The highest BCUT2D eigenvalue weighted by molar-refractivity contribution is 6.00. The number of rotatable bonds is 3. The van der Waals surface area contributed by atoms with Gasteiger partial charge in [-0.25, -0.2) is 0 Å². The molecule has 0 spiro atoms. The smallest absolute Gasteiger partial charge is 0.159 e. The molecule has 0 saturated heterocycles. The van der Waals surface area contributed by atoms with Crippen LogP contribution in [0.3, 0.4) is 0 Å². The summed E-state index contributed by atoms with van der Waals surface area (Å²) in [4.78, 5) is 16.1. The van der Waals surface area contributed by atoms with Crippen molar-refractivity contribution in [1.29, 1.82) is 0 Å². The fourth-order valence-electron chi connectivity index (χ4n) is 1.51. The molecule has 1 heterocycles. The lowest BCUT2D eigenvalue weighted by atomic mass is 9.82. The zero-order valence-corrected chi connectivity index (χ0v) is 10.4. The quantitative estimate of drug-likeness (QED) is 0.725. The Hall–Kier alpha value is -1.44. The van der Waals surface area contributed by atoms with Crippen LogP contribution in [0.25, 0.3) is 6.08 Å². The first kappa shape index (κ1) is 12.6. The van der Waals surface area contributed by atoms with Crippen molar-refractivity contribution in [2.24, 2.45) is 5.41 Å². The van der Waals surface area contributed by atoms with Gasteiger partial charge in [0.05, 0.1) is 5.69 Å². The van der Waals surface area contributed by atoms with E-state index in [4.69, 9.17) is 0 Å². The number of carbonyl (C=O) groups is 1. The third-order valence-corrected chi connectivity index (χ3v) is 2.41. The maximum absolute atomic E-state index is 11.9. The summed E-state index contributed by atoms with van der Waals surface area (Å²) in [5.74, 6) is 0.193. The third kappa shape index (κ3) is 3.30. The average Bonchev–Trinajstić information content (AvgIpc) is 2.25. The molecule has 0 N–H and O–H groups in total. The maximum atomic E-state index is 11.9. The zero-order valence-electron chi connectivity index (χ0n) is 10.4. The number of nitrogens with zero attached hydrogens (tertiary/aromatic N) is 1. The predicted molar refractivity (Wildman–Crippen MR) is 67.0 cm³/mol. The van der Waals surface area contributed by atoms with E-state index in [-0.39, 0.29) is 11.2 Å². The van der Waals surface area contributed by atoms with Crippen LogP contribution in [0, 0.1) is 5.41 Å². The lowest BCUT2D eigenvalue weighted by Gasteiger charge is -2.21. The van der Waals surface area contributed by atoms with Gasteiger partial charge in [0.1, 0.15) is 0 Å². The predicted octanol–water partition coefficient (Wildman–Crippen LogP) is 3.49. The van der Waals surface area contributed by atoms with Gasteiger partial charge in [-0.3, -0.25) is 9.78 Å². The Bertz CT molecular complexity index is 385. The van der Waals surface area contributed by atoms with E-state index in [2.05, 4.69) is 25.8 Å². The van der Waals surface area contributed by atoms with Gasteiger partial charge in [-0.05, 0) is 23.6 Å². The van der Waals surface area contributed by atoms with Crippen molar-refractivity contribution in [3.8, 4) is 0 Å². The van der Waals surface area contributed by atoms with Crippen molar-refractivity contribution in [3.63, 3.8) is 0 Å². The van der Waals surface area contributed by atoms with E-state index in [1.54, 1.807) is 6.20 Å². The Morgan fingerprint density at radius 1 is 1.38 bits per heavy atom. The van der Waals surface area contributed by atoms with Crippen LogP contribution >= 0.6 is 0 Å². The van der Waals surface area contributed by atoms with Gasteiger partial charge in [-0.2, -0.15) is 0 Å². The van der Waals surface area contributed by atoms with E-state index in [0.717, 1.165) is 11.3 Å². The van der Waals surface area contributed by atoms with E-state index in [1.165, 1.54) is 0 Å². The second kappa shape index (κ2) is 5.06. The lowest BCUT2D eigenvalue weighted by molar-refractivity contribution is -0.116. The van der Waals surface area contributed by atoms with Gasteiger partial charge in [0, 0.05) is 18.2 Å². The molecule has 0 amide bonds. The topological polar surface area (TPSA) is 30.0 Å². The summed E-state index contributed by atoms with van der Waals surface area (Å²) < 4.78 is 0. The number of aromatic nitrogens is 1. The van der Waals surface area contributed by atoms with Crippen molar-refractivity contribution < 1.29 is 4.79 Å². The number of Topliss-reactive ketones (excluding diaryl/α,β-unsaturated/α-hetero) is 1. The number of pyridine rings is 1. The molecule has 0 fully saturated rings. The Balaban J connectivity index is 3.12. The Labute approximate surface area is 97.4 Å². The molecular formula is C14H19NO. The molecule has 0 atom stereocenters. The zero-order chi connectivity index (χ0) is 12.2. The number of allylic oxidation sites excluding steroid dienone is 1. The number of hydrogen-bond acceptors (Lipinski definition) is 2. The van der Waals surface area contributed by atoms with Crippen LogP contribution in [0.2, 0.25) is 0 Å². The van der Waals surface area contributed by atoms with E-state index >= 15 is 0 Å². The Kier molecular flexibility index (Phi) is 3.99. The van der Waals surface area contributed by atoms with Crippen molar-refractivity contribution in [1.82, 2.24) is 4.98 Å². The SMILES string of the molecule is CCC(=O)/C(=C\c1ccccn1)C(C)(C)C.